The molecule has 6 nitrogen and oxygen atoms in total. The number of ether oxygens (including phenoxy) is 1. The highest BCUT2D eigenvalue weighted by Gasteiger charge is 2.25. The Hall–Kier alpha value is -2.29. The number of ketones is 1. The third kappa shape index (κ3) is 5.24. The Morgan fingerprint density at radius 1 is 1.17 bits per heavy atom. The molecule has 2 aromatic carbocycles. The van der Waals surface area contributed by atoms with E-state index in [1.807, 2.05) is 42.5 Å². The first kappa shape index (κ1) is 21.0. The van der Waals surface area contributed by atoms with Crippen molar-refractivity contribution in [3.63, 3.8) is 0 Å². The van der Waals surface area contributed by atoms with Gasteiger partial charge in [0.05, 0.1) is 15.7 Å². The van der Waals surface area contributed by atoms with Crippen LogP contribution in [-0.4, -0.2) is 48.0 Å². The van der Waals surface area contributed by atoms with Crippen LogP contribution in [0.2, 0.25) is 0 Å². The van der Waals surface area contributed by atoms with Crippen molar-refractivity contribution in [3.8, 4) is 0 Å². The van der Waals surface area contributed by atoms with Gasteiger partial charge in [0, 0.05) is 28.2 Å². The lowest BCUT2D eigenvalue weighted by atomic mass is 9.89. The maximum Gasteiger partial charge on any atom is 0.411 e. The van der Waals surface area contributed by atoms with Gasteiger partial charge in [-0.15, -0.1) is 11.3 Å². The van der Waals surface area contributed by atoms with Gasteiger partial charge in [-0.1, -0.05) is 28.1 Å². The molecule has 1 fully saturated rings. The summed E-state index contributed by atoms with van der Waals surface area (Å²) in [6.45, 7) is 2.64. The summed E-state index contributed by atoms with van der Waals surface area (Å²) in [5, 5.41) is 2.74. The second-order valence-electron chi connectivity index (χ2n) is 7.28. The smallest absolute Gasteiger partial charge is 0.411 e. The largest absolute Gasteiger partial charge is 0.448 e. The van der Waals surface area contributed by atoms with Crippen LogP contribution in [0.3, 0.4) is 0 Å². The van der Waals surface area contributed by atoms with Crippen molar-refractivity contribution in [3.05, 3.63) is 58.0 Å². The summed E-state index contributed by atoms with van der Waals surface area (Å²) >= 11 is 4.96. The number of fused-ring (bicyclic) bond motifs is 1. The Labute approximate surface area is 187 Å². The predicted octanol–water partition coefficient (Wildman–Crippen LogP) is 5.20. The zero-order chi connectivity index (χ0) is 20.9. The summed E-state index contributed by atoms with van der Waals surface area (Å²) in [6, 6.07) is 13.2. The molecule has 2 heterocycles. The van der Waals surface area contributed by atoms with Gasteiger partial charge in [0.15, 0.2) is 5.78 Å². The van der Waals surface area contributed by atoms with Crippen LogP contribution in [0, 0.1) is 5.92 Å². The van der Waals surface area contributed by atoms with Crippen molar-refractivity contribution >= 4 is 55.0 Å². The fourth-order valence-electron chi connectivity index (χ4n) is 3.63. The van der Waals surface area contributed by atoms with Crippen molar-refractivity contribution in [1.29, 1.82) is 0 Å². The van der Waals surface area contributed by atoms with Crippen molar-refractivity contribution in [1.82, 2.24) is 9.88 Å². The van der Waals surface area contributed by atoms with E-state index in [-0.39, 0.29) is 11.7 Å². The maximum atomic E-state index is 12.6. The zero-order valence-corrected chi connectivity index (χ0v) is 18.7. The SMILES string of the molecule is O=C(Nc1ccc2scnc2c1)OCCN1CCC(C(=O)c2ccc(Br)cc2)CC1. The minimum Gasteiger partial charge on any atom is -0.448 e. The minimum absolute atomic E-state index is 0.0623. The molecule has 0 unspecified atom stereocenters. The fourth-order valence-corrected chi connectivity index (χ4v) is 4.55. The molecule has 0 saturated carbocycles. The zero-order valence-electron chi connectivity index (χ0n) is 16.3. The molecule has 3 aromatic rings. The molecule has 1 amide bonds. The van der Waals surface area contributed by atoms with E-state index >= 15 is 0 Å². The van der Waals surface area contributed by atoms with Gasteiger partial charge in [-0.05, 0) is 56.3 Å². The number of benzene rings is 2. The number of hydrogen-bond donors (Lipinski definition) is 1. The molecule has 0 radical (unpaired) electrons. The predicted molar refractivity (Wildman–Crippen MR) is 122 cm³/mol. The summed E-state index contributed by atoms with van der Waals surface area (Å²) in [5.74, 6) is 0.280. The molecule has 4 rings (SSSR count). The van der Waals surface area contributed by atoms with Gasteiger partial charge in [0.1, 0.15) is 6.61 Å². The minimum atomic E-state index is -0.468. The number of nitrogens with zero attached hydrogens (tertiary/aromatic N) is 2. The van der Waals surface area contributed by atoms with Gasteiger partial charge < -0.3 is 4.74 Å². The van der Waals surface area contributed by atoms with E-state index in [4.69, 9.17) is 4.74 Å². The summed E-state index contributed by atoms with van der Waals surface area (Å²) in [6.07, 6.45) is 1.19. The van der Waals surface area contributed by atoms with E-state index < -0.39 is 6.09 Å². The molecule has 0 spiro atoms. The number of hydrogen-bond acceptors (Lipinski definition) is 6. The Bertz CT molecular complexity index is 1030. The van der Waals surface area contributed by atoms with Gasteiger partial charge in [-0.3, -0.25) is 15.0 Å². The lowest BCUT2D eigenvalue weighted by Gasteiger charge is -2.31. The van der Waals surface area contributed by atoms with E-state index in [9.17, 15) is 9.59 Å². The Balaban J connectivity index is 1.18. The number of carbonyl (C=O) groups excluding carboxylic acids is 2. The Kier molecular flexibility index (Phi) is 6.76. The number of nitrogens with one attached hydrogen (secondary N) is 1. The van der Waals surface area contributed by atoms with Crippen LogP contribution in [0.4, 0.5) is 10.5 Å². The molecule has 1 aliphatic heterocycles. The van der Waals surface area contributed by atoms with Crippen LogP contribution in [0.5, 0.6) is 0 Å². The molecule has 156 valence electrons. The van der Waals surface area contributed by atoms with Crippen molar-refractivity contribution in [2.24, 2.45) is 5.92 Å². The normalized spacial score (nSPS) is 15.2. The third-order valence-electron chi connectivity index (χ3n) is 5.30. The Morgan fingerprint density at radius 2 is 1.93 bits per heavy atom. The highest BCUT2D eigenvalue weighted by molar-refractivity contribution is 9.10. The third-order valence-corrected chi connectivity index (χ3v) is 6.64. The molecule has 0 bridgehead atoms. The van der Waals surface area contributed by atoms with Crippen molar-refractivity contribution < 1.29 is 14.3 Å². The number of rotatable bonds is 6. The summed E-state index contributed by atoms with van der Waals surface area (Å²) in [4.78, 5) is 31.2. The quantitative estimate of drug-likeness (QED) is 0.483. The first-order chi connectivity index (χ1) is 14.6. The highest BCUT2D eigenvalue weighted by Crippen LogP contribution is 2.23. The van der Waals surface area contributed by atoms with E-state index in [1.54, 1.807) is 16.8 Å². The lowest BCUT2D eigenvalue weighted by molar-refractivity contribution is 0.0813. The van der Waals surface area contributed by atoms with Crippen LogP contribution in [0.15, 0.2) is 52.4 Å². The number of Topliss-reactive ketones (excluding diaryl/α,β-unsaturated/α-hetero) is 1. The van der Waals surface area contributed by atoms with Crippen LogP contribution >= 0.6 is 27.3 Å². The molecule has 0 atom stereocenters. The number of likely N-dealkylation sites (tertiary alicyclic amines) is 1. The number of carbonyl (C=O) groups is 2. The van der Waals surface area contributed by atoms with Crippen LogP contribution in [-0.2, 0) is 4.74 Å². The number of piperidine rings is 1. The highest BCUT2D eigenvalue weighted by atomic mass is 79.9. The van der Waals surface area contributed by atoms with Crippen molar-refractivity contribution in [2.45, 2.75) is 12.8 Å². The second-order valence-corrected chi connectivity index (χ2v) is 9.08. The van der Waals surface area contributed by atoms with Gasteiger partial charge in [-0.2, -0.15) is 0 Å². The molecule has 1 aromatic heterocycles. The second kappa shape index (κ2) is 9.68. The molecular formula is C22H22BrN3O3S. The molecule has 1 aliphatic rings. The van der Waals surface area contributed by atoms with Gasteiger partial charge in [0.2, 0.25) is 0 Å². The van der Waals surface area contributed by atoms with Gasteiger partial charge in [-0.25, -0.2) is 9.78 Å². The average Bonchev–Trinajstić information content (AvgIpc) is 3.22. The van der Waals surface area contributed by atoms with Crippen LogP contribution in [0.25, 0.3) is 10.2 Å². The summed E-state index contributed by atoms with van der Waals surface area (Å²) in [5.41, 5.74) is 4.08. The number of halogens is 1. The molecular weight excluding hydrogens is 466 g/mol. The number of thiazole rings is 1. The van der Waals surface area contributed by atoms with Crippen LogP contribution in [0.1, 0.15) is 23.2 Å². The standard InChI is InChI=1S/C22H22BrN3O3S/c23-17-3-1-15(2-4-17)21(27)16-7-9-26(10-8-16)11-12-29-22(28)25-18-5-6-20-19(13-18)24-14-30-20/h1-6,13-14,16H,7-12H2,(H,25,28). The van der Waals surface area contributed by atoms with E-state index in [2.05, 4.69) is 31.1 Å². The van der Waals surface area contributed by atoms with E-state index in [0.717, 1.165) is 46.2 Å². The number of anilines is 1. The van der Waals surface area contributed by atoms with Crippen LogP contribution < -0.4 is 5.32 Å². The molecule has 8 heteroatoms. The maximum absolute atomic E-state index is 12.6. The first-order valence-corrected chi connectivity index (χ1v) is 11.5. The summed E-state index contributed by atoms with van der Waals surface area (Å²) < 4.78 is 7.37. The lowest BCUT2D eigenvalue weighted by Crippen LogP contribution is -2.38. The average molecular weight is 488 g/mol. The van der Waals surface area contributed by atoms with Gasteiger partial charge in [0.25, 0.3) is 0 Å². The van der Waals surface area contributed by atoms with E-state index in [1.165, 1.54) is 0 Å². The fraction of sp³-hybridized carbons (Fsp3) is 0.318. The van der Waals surface area contributed by atoms with E-state index in [0.29, 0.717) is 18.8 Å². The molecule has 1 saturated heterocycles. The topological polar surface area (TPSA) is 71.5 Å². The summed E-state index contributed by atoms with van der Waals surface area (Å²) in [7, 11) is 0. The monoisotopic (exact) mass is 487 g/mol. The number of amides is 1. The molecule has 30 heavy (non-hydrogen) atoms. The van der Waals surface area contributed by atoms with Gasteiger partial charge >= 0.3 is 6.09 Å². The molecule has 1 N–H and O–H groups in total. The number of aromatic nitrogens is 1. The first-order valence-electron chi connectivity index (χ1n) is 9.87. The van der Waals surface area contributed by atoms with Crippen molar-refractivity contribution in [2.75, 3.05) is 31.6 Å². The Morgan fingerprint density at radius 3 is 2.70 bits per heavy atom. The molecule has 0 aliphatic carbocycles.